The molecule has 4 aliphatic rings. The van der Waals surface area contributed by atoms with Crippen molar-refractivity contribution < 1.29 is 49.4 Å². The van der Waals surface area contributed by atoms with E-state index in [-0.39, 0.29) is 12.4 Å². The highest BCUT2D eigenvalue weighted by atomic mass is 16.7. The number of phenols is 1. The summed E-state index contributed by atoms with van der Waals surface area (Å²) in [5.74, 6) is -8.39. The fourth-order valence-corrected chi connectivity index (χ4v) is 7.02. The molecule has 0 aromatic heterocycles. The van der Waals surface area contributed by atoms with Crippen molar-refractivity contribution in [1.82, 2.24) is 4.90 Å². The Kier molecular flexibility index (Phi) is 5.76. The average Bonchev–Trinajstić information content (AvgIpc) is 3.38. The summed E-state index contributed by atoms with van der Waals surface area (Å²) < 4.78 is 10.9. The van der Waals surface area contributed by atoms with Crippen molar-refractivity contribution in [2.75, 3.05) is 20.9 Å². The van der Waals surface area contributed by atoms with E-state index in [1.807, 2.05) is 0 Å². The molecule has 12 nitrogen and oxygen atoms in total. The highest BCUT2D eigenvalue weighted by Crippen LogP contribution is 2.57. The van der Waals surface area contributed by atoms with Crippen LogP contribution >= 0.6 is 0 Å². The first kappa shape index (κ1) is 26.8. The van der Waals surface area contributed by atoms with Gasteiger partial charge in [-0.2, -0.15) is 0 Å². The van der Waals surface area contributed by atoms with Gasteiger partial charge >= 0.3 is 0 Å². The van der Waals surface area contributed by atoms with Crippen molar-refractivity contribution in [3.8, 4) is 28.4 Å². The number of nitrogens with zero attached hydrogens (tertiary/aromatic N) is 1. The minimum atomic E-state index is -2.96. The Balaban J connectivity index is 1.60. The van der Waals surface area contributed by atoms with Gasteiger partial charge in [-0.15, -0.1) is 0 Å². The van der Waals surface area contributed by atoms with Crippen molar-refractivity contribution in [2.45, 2.75) is 30.6 Å². The second kappa shape index (κ2) is 8.80. The van der Waals surface area contributed by atoms with Gasteiger partial charge in [0.15, 0.2) is 22.9 Å². The molecule has 12 heteroatoms. The average molecular weight is 565 g/mol. The number of primary amides is 1. The highest BCUT2D eigenvalue weighted by molar-refractivity contribution is 6.25. The van der Waals surface area contributed by atoms with E-state index < -0.39 is 81.4 Å². The number of benzene rings is 2. The van der Waals surface area contributed by atoms with Crippen LogP contribution in [-0.4, -0.2) is 86.5 Å². The zero-order valence-corrected chi connectivity index (χ0v) is 22.3. The molecular weight excluding hydrogens is 536 g/mol. The molecule has 0 radical (unpaired) electrons. The molecule has 2 aromatic rings. The molecular formula is C29H28N2O10. The lowest BCUT2D eigenvalue weighted by Crippen LogP contribution is -2.68. The van der Waals surface area contributed by atoms with Gasteiger partial charge in [0, 0.05) is 11.5 Å². The Morgan fingerprint density at radius 3 is 2.41 bits per heavy atom. The molecule has 0 saturated carbocycles. The number of likely N-dealkylation sites (N-methyl/N-ethyl adjacent to an activating group) is 1. The summed E-state index contributed by atoms with van der Waals surface area (Å²) in [7, 11) is 2.97. The Morgan fingerprint density at radius 2 is 1.76 bits per heavy atom. The number of amides is 1. The van der Waals surface area contributed by atoms with Crippen LogP contribution < -0.4 is 15.2 Å². The van der Waals surface area contributed by atoms with E-state index in [0.717, 1.165) is 0 Å². The second-order valence-electron chi connectivity index (χ2n) is 11.0. The number of fused-ring (bicyclic) bond motifs is 4. The minimum absolute atomic E-state index is 0.0534. The molecule has 1 heterocycles. The molecule has 1 amide bonds. The first-order chi connectivity index (χ1) is 19.3. The number of hydrogen-bond acceptors (Lipinski definition) is 11. The number of aliphatic hydroxyl groups excluding tert-OH is 3. The molecule has 7 N–H and O–H groups in total. The number of phenolic OH excluding ortho intramolecular Hbond substituents is 1. The van der Waals surface area contributed by atoms with Gasteiger partial charge in [0.1, 0.15) is 22.8 Å². The van der Waals surface area contributed by atoms with Gasteiger partial charge in [-0.1, -0.05) is 19.1 Å². The van der Waals surface area contributed by atoms with Gasteiger partial charge in [-0.25, -0.2) is 0 Å². The number of carbonyl (C=O) groups is 3. The van der Waals surface area contributed by atoms with Crippen LogP contribution in [0.1, 0.15) is 28.8 Å². The quantitative estimate of drug-likeness (QED) is 0.291. The van der Waals surface area contributed by atoms with Crippen molar-refractivity contribution in [3.05, 3.63) is 64.1 Å². The lowest BCUT2D eigenvalue weighted by atomic mass is 9.55. The Morgan fingerprint density at radius 1 is 1.07 bits per heavy atom. The molecule has 0 spiro atoms. The molecule has 2 aromatic carbocycles. The van der Waals surface area contributed by atoms with Gasteiger partial charge in [-0.05, 0) is 54.9 Å². The van der Waals surface area contributed by atoms with E-state index in [9.17, 15) is 39.9 Å². The summed E-state index contributed by atoms with van der Waals surface area (Å²) in [4.78, 5) is 41.1. The number of Topliss-reactive ketones (excluding diaryl/α,β-unsaturated/α-hetero) is 2. The van der Waals surface area contributed by atoms with Crippen molar-refractivity contribution in [3.63, 3.8) is 0 Å². The van der Waals surface area contributed by atoms with Crippen LogP contribution in [0.3, 0.4) is 0 Å². The summed E-state index contributed by atoms with van der Waals surface area (Å²) >= 11 is 0. The number of nitrogens with two attached hydrogens (primary N) is 1. The second-order valence-corrected chi connectivity index (χ2v) is 11.0. The standard InChI is InChI=1S/C29H28N2O10/c1-10-16-12(11-4-7-14-15(8-11)41-9-40-14)5-6-13(32)18(16)23(33)19-17(10)24(34)21-22(31(2)3)25(35)20(28(30)38)27(37)29(21,39)26(19)36/h4-8,10,17,21-22,24,32,34-36,39H,9H2,1-3H3,(H2,30,38)/t10-,17+,21+,22-,24-,29-/m0/s1. The van der Waals surface area contributed by atoms with Crippen LogP contribution in [-0.2, 0) is 9.59 Å². The number of ketones is 2. The Bertz CT molecular complexity index is 1630. The van der Waals surface area contributed by atoms with Crippen molar-refractivity contribution >= 4 is 17.5 Å². The number of ether oxygens (including phenoxy) is 2. The maximum atomic E-state index is 14.0. The van der Waals surface area contributed by atoms with Gasteiger partial charge in [0.25, 0.3) is 5.91 Å². The first-order valence-electron chi connectivity index (χ1n) is 12.9. The monoisotopic (exact) mass is 564 g/mol. The molecule has 214 valence electrons. The minimum Gasteiger partial charge on any atom is -0.510 e. The summed E-state index contributed by atoms with van der Waals surface area (Å²) in [5.41, 5.74) is 2.38. The molecule has 6 atom stereocenters. The van der Waals surface area contributed by atoms with Crippen LogP contribution in [0.5, 0.6) is 17.2 Å². The van der Waals surface area contributed by atoms with Gasteiger partial charge in [0.2, 0.25) is 12.6 Å². The number of rotatable bonds is 3. The number of carbonyl (C=O) groups excluding carboxylic acids is 3. The van der Waals surface area contributed by atoms with Crippen LogP contribution in [0, 0.1) is 11.8 Å². The lowest BCUT2D eigenvalue weighted by Gasteiger charge is -2.53. The Labute approximate surface area is 233 Å². The lowest BCUT2D eigenvalue weighted by molar-refractivity contribution is -0.162. The predicted octanol–water partition coefficient (Wildman–Crippen LogP) is 1.05. The third-order valence-electron chi connectivity index (χ3n) is 8.79. The van der Waals surface area contributed by atoms with E-state index >= 15 is 0 Å². The van der Waals surface area contributed by atoms with Crippen LogP contribution in [0.2, 0.25) is 0 Å². The third kappa shape index (κ3) is 3.35. The molecule has 1 aliphatic heterocycles. The molecule has 0 saturated heterocycles. The molecule has 0 bridgehead atoms. The molecule has 0 fully saturated rings. The summed E-state index contributed by atoms with van der Waals surface area (Å²) in [6, 6.07) is 6.79. The van der Waals surface area contributed by atoms with E-state index in [1.54, 1.807) is 31.2 Å². The van der Waals surface area contributed by atoms with Gasteiger partial charge in [0.05, 0.1) is 23.6 Å². The van der Waals surface area contributed by atoms with E-state index in [2.05, 4.69) is 0 Å². The maximum absolute atomic E-state index is 14.0. The molecule has 41 heavy (non-hydrogen) atoms. The van der Waals surface area contributed by atoms with E-state index in [4.69, 9.17) is 15.2 Å². The third-order valence-corrected chi connectivity index (χ3v) is 8.79. The van der Waals surface area contributed by atoms with E-state index in [0.29, 0.717) is 28.2 Å². The van der Waals surface area contributed by atoms with E-state index in [1.165, 1.54) is 25.1 Å². The predicted molar refractivity (Wildman–Crippen MR) is 141 cm³/mol. The fourth-order valence-electron chi connectivity index (χ4n) is 7.02. The number of hydrogen-bond donors (Lipinski definition) is 6. The summed E-state index contributed by atoms with van der Waals surface area (Å²) in [6.45, 7) is 1.74. The fraction of sp³-hybridized carbons (Fsp3) is 0.345. The molecule has 0 unspecified atom stereocenters. The molecule has 6 rings (SSSR count). The first-order valence-corrected chi connectivity index (χ1v) is 12.9. The smallest absolute Gasteiger partial charge is 0.255 e. The number of aliphatic hydroxyl groups is 4. The number of aromatic hydroxyl groups is 1. The summed E-state index contributed by atoms with van der Waals surface area (Å²) in [5, 5.41) is 57.0. The van der Waals surface area contributed by atoms with Crippen LogP contribution in [0.15, 0.2) is 53.0 Å². The maximum Gasteiger partial charge on any atom is 0.255 e. The normalized spacial score (nSPS) is 30.3. The topological polar surface area (TPSA) is 200 Å². The zero-order chi connectivity index (χ0) is 29.7. The molecule has 3 aliphatic carbocycles. The highest BCUT2D eigenvalue weighted by Gasteiger charge is 2.67. The van der Waals surface area contributed by atoms with Crippen molar-refractivity contribution in [2.24, 2.45) is 17.6 Å². The van der Waals surface area contributed by atoms with Gasteiger partial charge < -0.3 is 40.7 Å². The van der Waals surface area contributed by atoms with Crippen molar-refractivity contribution in [1.29, 1.82) is 0 Å². The van der Waals surface area contributed by atoms with Crippen LogP contribution in [0.25, 0.3) is 11.1 Å². The SMILES string of the molecule is C[C@H]1c2c(-c3ccc4c(c3)OCO4)ccc(O)c2C(=O)C2=C(O)[C@]3(O)C(=O)C(C(N)=O)=C(O)[C@@H](N(C)C)[C@@H]3[C@@H](O)[C@@H]21. The largest absolute Gasteiger partial charge is 0.510 e. The van der Waals surface area contributed by atoms with Crippen LogP contribution in [0.4, 0.5) is 0 Å². The Hall–Kier alpha value is -4.39. The summed E-state index contributed by atoms with van der Waals surface area (Å²) in [6.07, 6.45) is -1.68. The zero-order valence-electron chi connectivity index (χ0n) is 22.3. The van der Waals surface area contributed by atoms with Gasteiger partial charge in [-0.3, -0.25) is 19.3 Å².